The molecule has 0 bridgehead atoms. The summed E-state index contributed by atoms with van der Waals surface area (Å²) in [6.07, 6.45) is 0.975. The van der Waals surface area contributed by atoms with Gasteiger partial charge in [-0.15, -0.1) is 0 Å². The number of hydrogen-bond acceptors (Lipinski definition) is 4. The first-order chi connectivity index (χ1) is 13.1. The highest BCUT2D eigenvalue weighted by Gasteiger charge is 2.21. The van der Waals surface area contributed by atoms with Crippen LogP contribution >= 0.6 is 11.6 Å². The average molecular weight is 392 g/mol. The molecule has 2 aromatic carbocycles. The lowest BCUT2D eigenvalue weighted by atomic mass is 10.1. The molecule has 0 radical (unpaired) electrons. The fourth-order valence-corrected chi connectivity index (χ4v) is 3.79. The van der Waals surface area contributed by atoms with E-state index < -0.39 is 0 Å². The third kappa shape index (κ3) is 4.79. The van der Waals surface area contributed by atoms with E-state index in [1.807, 2.05) is 30.3 Å². The molecule has 6 heteroatoms. The quantitative estimate of drug-likeness (QED) is 0.785. The lowest BCUT2D eigenvalue weighted by Crippen LogP contribution is -3.15. The van der Waals surface area contributed by atoms with E-state index >= 15 is 0 Å². The molecule has 1 N–H and O–H groups in total. The predicted octanol–water partition coefficient (Wildman–Crippen LogP) is 2.31. The maximum Gasteiger partial charge on any atom is 0.203 e. The van der Waals surface area contributed by atoms with Gasteiger partial charge in [0, 0.05) is 17.1 Å². The Kier molecular flexibility index (Phi) is 6.69. The Balaban J connectivity index is 1.57. The van der Waals surface area contributed by atoms with Crippen molar-refractivity contribution in [3.63, 3.8) is 0 Å². The predicted molar refractivity (Wildman–Crippen MR) is 109 cm³/mol. The molecule has 5 nitrogen and oxygen atoms in total. The molecular formula is C21H28ClN2O3+. The molecule has 1 heterocycles. The number of rotatable bonds is 7. The molecule has 0 spiro atoms. The van der Waals surface area contributed by atoms with E-state index in [1.54, 1.807) is 26.2 Å². The SMILES string of the molecule is COc1cc(CC[NH+]2CCN(c3cccc(Cl)c3)CC2)cc(OC)c1OC. The van der Waals surface area contributed by atoms with E-state index in [-0.39, 0.29) is 0 Å². The second-order valence-corrected chi connectivity index (χ2v) is 7.19. The van der Waals surface area contributed by atoms with Gasteiger partial charge in [0.05, 0.1) is 54.1 Å². The Morgan fingerprint density at radius 2 is 1.63 bits per heavy atom. The molecule has 3 rings (SSSR count). The van der Waals surface area contributed by atoms with Crippen molar-refractivity contribution in [1.82, 2.24) is 0 Å². The first kappa shape index (κ1) is 19.6. The van der Waals surface area contributed by atoms with E-state index in [0.717, 1.165) is 44.2 Å². The normalized spacial score (nSPS) is 14.9. The van der Waals surface area contributed by atoms with Crippen LogP contribution in [0.5, 0.6) is 17.2 Å². The van der Waals surface area contributed by atoms with Crippen molar-refractivity contribution in [2.75, 3.05) is 59.0 Å². The van der Waals surface area contributed by atoms with Crippen LogP contribution < -0.4 is 24.0 Å². The van der Waals surface area contributed by atoms with Gasteiger partial charge in [0.2, 0.25) is 5.75 Å². The number of quaternary nitrogens is 1. The van der Waals surface area contributed by atoms with Crippen LogP contribution in [-0.2, 0) is 6.42 Å². The first-order valence-corrected chi connectivity index (χ1v) is 9.65. The van der Waals surface area contributed by atoms with Gasteiger partial charge in [0.1, 0.15) is 0 Å². The summed E-state index contributed by atoms with van der Waals surface area (Å²) in [5.74, 6) is 2.08. The molecule has 0 atom stereocenters. The van der Waals surface area contributed by atoms with Crippen molar-refractivity contribution in [3.8, 4) is 17.2 Å². The molecule has 1 saturated heterocycles. The summed E-state index contributed by atoms with van der Waals surface area (Å²) in [6.45, 7) is 5.42. The molecule has 0 saturated carbocycles. The number of nitrogens with zero attached hydrogens (tertiary/aromatic N) is 1. The van der Waals surface area contributed by atoms with Gasteiger partial charge in [0.25, 0.3) is 0 Å². The lowest BCUT2D eigenvalue weighted by Gasteiger charge is -2.33. The number of methoxy groups -OCH3 is 3. The third-order valence-electron chi connectivity index (χ3n) is 5.14. The summed E-state index contributed by atoms with van der Waals surface area (Å²) in [4.78, 5) is 4.02. The molecule has 1 aliphatic heterocycles. The number of benzene rings is 2. The Bertz CT molecular complexity index is 736. The Labute approximate surface area is 166 Å². The van der Waals surface area contributed by atoms with Crippen LogP contribution in [0.1, 0.15) is 5.56 Å². The summed E-state index contributed by atoms with van der Waals surface area (Å²) in [5.41, 5.74) is 2.42. The minimum absolute atomic E-state index is 0.645. The summed E-state index contributed by atoms with van der Waals surface area (Å²) >= 11 is 6.12. The average Bonchev–Trinajstić information content (AvgIpc) is 2.71. The highest BCUT2D eigenvalue weighted by Crippen LogP contribution is 2.38. The van der Waals surface area contributed by atoms with E-state index in [4.69, 9.17) is 25.8 Å². The zero-order valence-electron chi connectivity index (χ0n) is 16.3. The number of anilines is 1. The van der Waals surface area contributed by atoms with Crippen LogP contribution in [0.15, 0.2) is 36.4 Å². The fourth-order valence-electron chi connectivity index (χ4n) is 3.60. The number of hydrogen-bond donors (Lipinski definition) is 1. The standard InChI is InChI=1S/C21H27ClN2O3/c1-25-19-13-16(14-20(26-2)21(19)27-3)7-8-23-9-11-24(12-10-23)18-6-4-5-17(22)15-18/h4-6,13-15H,7-12H2,1-3H3/p+1. The maximum atomic E-state index is 6.12. The van der Waals surface area contributed by atoms with Crippen molar-refractivity contribution in [1.29, 1.82) is 0 Å². The number of ether oxygens (including phenoxy) is 3. The van der Waals surface area contributed by atoms with E-state index in [2.05, 4.69) is 11.0 Å². The third-order valence-corrected chi connectivity index (χ3v) is 5.37. The van der Waals surface area contributed by atoms with Gasteiger partial charge in [-0.1, -0.05) is 17.7 Å². The van der Waals surface area contributed by atoms with Gasteiger partial charge < -0.3 is 24.0 Å². The van der Waals surface area contributed by atoms with E-state index in [9.17, 15) is 0 Å². The summed E-state index contributed by atoms with van der Waals surface area (Å²) < 4.78 is 16.3. The number of nitrogens with one attached hydrogen (secondary N) is 1. The molecule has 0 aliphatic carbocycles. The van der Waals surface area contributed by atoms with Crippen molar-refractivity contribution < 1.29 is 19.1 Å². The van der Waals surface area contributed by atoms with Gasteiger partial charge >= 0.3 is 0 Å². The van der Waals surface area contributed by atoms with Crippen molar-refractivity contribution in [2.24, 2.45) is 0 Å². The van der Waals surface area contributed by atoms with Crippen LogP contribution in [0.3, 0.4) is 0 Å². The van der Waals surface area contributed by atoms with Crippen molar-refractivity contribution in [3.05, 3.63) is 47.0 Å². The van der Waals surface area contributed by atoms with Gasteiger partial charge in [-0.3, -0.25) is 0 Å². The fraction of sp³-hybridized carbons (Fsp3) is 0.429. The monoisotopic (exact) mass is 391 g/mol. The van der Waals surface area contributed by atoms with Crippen LogP contribution in [0, 0.1) is 0 Å². The summed E-state index contributed by atoms with van der Waals surface area (Å²) in [6, 6.07) is 12.2. The molecule has 1 fully saturated rings. The van der Waals surface area contributed by atoms with Gasteiger partial charge in [-0.2, -0.15) is 0 Å². The molecule has 1 aliphatic rings. The Morgan fingerprint density at radius 3 is 2.19 bits per heavy atom. The van der Waals surface area contributed by atoms with E-state index in [0.29, 0.717) is 17.2 Å². The topological polar surface area (TPSA) is 35.4 Å². The molecule has 27 heavy (non-hydrogen) atoms. The molecule has 0 amide bonds. The maximum absolute atomic E-state index is 6.12. The molecule has 2 aromatic rings. The zero-order valence-corrected chi connectivity index (χ0v) is 17.0. The second kappa shape index (κ2) is 9.20. The summed E-state index contributed by atoms with van der Waals surface area (Å²) in [5, 5.41) is 0.796. The van der Waals surface area contributed by atoms with Crippen molar-refractivity contribution >= 4 is 17.3 Å². The Morgan fingerprint density at radius 1 is 0.963 bits per heavy atom. The molecular weight excluding hydrogens is 364 g/mol. The van der Waals surface area contributed by atoms with Crippen LogP contribution in [0.4, 0.5) is 5.69 Å². The highest BCUT2D eigenvalue weighted by atomic mass is 35.5. The van der Waals surface area contributed by atoms with Crippen LogP contribution in [-0.4, -0.2) is 54.1 Å². The Hall–Kier alpha value is -2.11. The van der Waals surface area contributed by atoms with Gasteiger partial charge in [-0.05, 0) is 35.9 Å². The smallest absolute Gasteiger partial charge is 0.203 e. The second-order valence-electron chi connectivity index (χ2n) is 6.75. The highest BCUT2D eigenvalue weighted by molar-refractivity contribution is 6.30. The molecule has 146 valence electrons. The van der Waals surface area contributed by atoms with Crippen LogP contribution in [0.25, 0.3) is 0 Å². The summed E-state index contributed by atoms with van der Waals surface area (Å²) in [7, 11) is 4.94. The number of halogens is 1. The largest absolute Gasteiger partial charge is 0.493 e. The lowest BCUT2D eigenvalue weighted by molar-refractivity contribution is -0.900. The van der Waals surface area contributed by atoms with Crippen molar-refractivity contribution in [2.45, 2.75) is 6.42 Å². The minimum Gasteiger partial charge on any atom is -0.493 e. The van der Waals surface area contributed by atoms with Gasteiger partial charge in [0.15, 0.2) is 11.5 Å². The number of piperazine rings is 1. The van der Waals surface area contributed by atoms with E-state index in [1.165, 1.54) is 11.3 Å². The minimum atomic E-state index is 0.645. The zero-order chi connectivity index (χ0) is 19.2. The molecule has 0 unspecified atom stereocenters. The van der Waals surface area contributed by atoms with Gasteiger partial charge in [-0.25, -0.2) is 0 Å². The molecule has 0 aromatic heterocycles. The first-order valence-electron chi connectivity index (χ1n) is 9.27. The van der Waals surface area contributed by atoms with Crippen LogP contribution in [0.2, 0.25) is 5.02 Å².